The van der Waals surface area contributed by atoms with Gasteiger partial charge in [0, 0.05) is 47.4 Å². The molecular weight excluding hydrogens is 397 g/mol. The van der Waals surface area contributed by atoms with Crippen LogP contribution in [-0.2, 0) is 0 Å². The molecule has 0 amide bonds. The summed E-state index contributed by atoms with van der Waals surface area (Å²) in [5.41, 5.74) is 16.7. The van der Waals surface area contributed by atoms with Crippen molar-refractivity contribution >= 4 is 29.2 Å². The lowest BCUT2D eigenvalue weighted by molar-refractivity contribution is 0.226. The first-order chi connectivity index (χ1) is 14.9. The number of hydrogen-bond donors (Lipinski definition) is 3. The van der Waals surface area contributed by atoms with Gasteiger partial charge in [0.1, 0.15) is 11.9 Å². The van der Waals surface area contributed by atoms with Crippen molar-refractivity contribution in [2.45, 2.75) is 26.4 Å². The van der Waals surface area contributed by atoms with Crippen LogP contribution in [-0.4, -0.2) is 36.2 Å². The summed E-state index contributed by atoms with van der Waals surface area (Å²) in [7, 11) is 1.65. The SMILES string of the molecule is CCC(=NN)C1=NCC(C=NC)=C(N)c2ccc(F)cc2[C@@H](C)Oc2cc1cnc2N. The minimum atomic E-state index is -0.558. The van der Waals surface area contributed by atoms with Crippen LogP contribution in [0.25, 0.3) is 5.70 Å². The maximum absolute atomic E-state index is 14.1. The molecule has 162 valence electrons. The molecule has 1 atom stereocenters. The summed E-state index contributed by atoms with van der Waals surface area (Å²) in [6.45, 7) is 3.94. The predicted octanol–water partition coefficient (Wildman–Crippen LogP) is 2.84. The van der Waals surface area contributed by atoms with Gasteiger partial charge in [-0.2, -0.15) is 5.10 Å². The minimum Gasteiger partial charge on any atom is -0.482 e. The van der Waals surface area contributed by atoms with Gasteiger partial charge in [-0.1, -0.05) is 6.92 Å². The van der Waals surface area contributed by atoms with E-state index in [0.717, 1.165) is 0 Å². The highest BCUT2D eigenvalue weighted by Gasteiger charge is 2.21. The summed E-state index contributed by atoms with van der Waals surface area (Å²) in [6, 6.07) is 6.11. The van der Waals surface area contributed by atoms with Crippen LogP contribution in [0.2, 0.25) is 0 Å². The Balaban J connectivity index is 2.32. The average Bonchev–Trinajstić information content (AvgIpc) is 2.76. The number of nitrogen functional groups attached to an aromatic ring is 1. The Labute approximate surface area is 180 Å². The van der Waals surface area contributed by atoms with Crippen molar-refractivity contribution in [1.29, 1.82) is 0 Å². The van der Waals surface area contributed by atoms with Crippen LogP contribution in [0.15, 0.2) is 51.1 Å². The standard InChI is InChI=1S/C22H26FN7O/c1-4-18(30-26)21-13-7-19(22(25)29-10-13)31-12(2)17-8-15(23)5-6-16(17)20(24)14(9-27-3)11-28-21/h5-10,12H,4,11,24,26H2,1-3H3,(H2,25,29)/t12-/m1/s1. The lowest BCUT2D eigenvalue weighted by atomic mass is 9.97. The fourth-order valence-electron chi connectivity index (χ4n) is 3.41. The van der Waals surface area contributed by atoms with E-state index in [1.54, 1.807) is 38.5 Å². The number of anilines is 1. The molecule has 0 radical (unpaired) electrons. The number of hydrogen-bond acceptors (Lipinski definition) is 8. The van der Waals surface area contributed by atoms with Crippen LogP contribution in [0.4, 0.5) is 10.2 Å². The summed E-state index contributed by atoms with van der Waals surface area (Å²) < 4.78 is 20.2. The maximum atomic E-state index is 14.1. The first-order valence-corrected chi connectivity index (χ1v) is 9.84. The van der Waals surface area contributed by atoms with E-state index in [-0.39, 0.29) is 12.4 Å². The lowest BCUT2D eigenvalue weighted by Crippen LogP contribution is -2.20. The number of halogens is 1. The molecule has 0 fully saturated rings. The van der Waals surface area contributed by atoms with Gasteiger partial charge in [0.05, 0.1) is 18.0 Å². The first kappa shape index (κ1) is 21.9. The van der Waals surface area contributed by atoms with Crippen molar-refractivity contribution in [2.75, 3.05) is 19.3 Å². The van der Waals surface area contributed by atoms with Crippen molar-refractivity contribution in [3.63, 3.8) is 0 Å². The van der Waals surface area contributed by atoms with Crippen molar-refractivity contribution in [3.8, 4) is 5.75 Å². The Bertz CT molecular complexity index is 1110. The van der Waals surface area contributed by atoms with E-state index in [4.69, 9.17) is 27.0 Å². The molecule has 31 heavy (non-hydrogen) atoms. The summed E-state index contributed by atoms with van der Waals surface area (Å²) >= 11 is 0. The third kappa shape index (κ3) is 4.55. The zero-order valence-corrected chi connectivity index (χ0v) is 17.8. The number of nitrogens with two attached hydrogens (primary N) is 3. The van der Waals surface area contributed by atoms with Crippen molar-refractivity contribution in [3.05, 3.63) is 58.5 Å². The van der Waals surface area contributed by atoms with Gasteiger partial charge in [-0.05, 0) is 37.6 Å². The van der Waals surface area contributed by atoms with Crippen LogP contribution in [0.5, 0.6) is 5.75 Å². The molecule has 1 aromatic carbocycles. The van der Waals surface area contributed by atoms with E-state index in [0.29, 0.717) is 51.6 Å². The highest BCUT2D eigenvalue weighted by Crippen LogP contribution is 2.32. The van der Waals surface area contributed by atoms with E-state index >= 15 is 0 Å². The molecule has 0 spiro atoms. The number of aromatic nitrogens is 1. The fourth-order valence-corrected chi connectivity index (χ4v) is 3.41. The minimum absolute atomic E-state index is 0.204. The van der Waals surface area contributed by atoms with Gasteiger partial charge in [-0.3, -0.25) is 9.98 Å². The quantitative estimate of drug-likeness (QED) is 0.396. The lowest BCUT2D eigenvalue weighted by Gasteiger charge is -2.22. The van der Waals surface area contributed by atoms with Gasteiger partial charge < -0.3 is 22.0 Å². The van der Waals surface area contributed by atoms with Crippen LogP contribution in [0, 0.1) is 5.82 Å². The number of pyridine rings is 1. The Morgan fingerprint density at radius 2 is 2.10 bits per heavy atom. The first-order valence-electron chi connectivity index (χ1n) is 9.84. The van der Waals surface area contributed by atoms with E-state index in [9.17, 15) is 4.39 Å². The smallest absolute Gasteiger partial charge is 0.166 e. The molecule has 0 saturated carbocycles. The maximum Gasteiger partial charge on any atom is 0.166 e. The molecule has 1 aliphatic heterocycles. The van der Waals surface area contributed by atoms with Crippen LogP contribution >= 0.6 is 0 Å². The van der Waals surface area contributed by atoms with Crippen molar-refractivity contribution < 1.29 is 9.13 Å². The summed E-state index contributed by atoms with van der Waals surface area (Å²) in [5.74, 6) is 5.77. The van der Waals surface area contributed by atoms with Gasteiger partial charge >= 0.3 is 0 Å². The highest BCUT2D eigenvalue weighted by molar-refractivity contribution is 6.48. The van der Waals surface area contributed by atoms with Crippen LogP contribution < -0.4 is 22.0 Å². The normalized spacial score (nSPS) is 17.5. The zero-order valence-electron chi connectivity index (χ0n) is 17.8. The number of ether oxygens (including phenoxy) is 1. The second kappa shape index (κ2) is 9.38. The van der Waals surface area contributed by atoms with E-state index < -0.39 is 11.9 Å². The Morgan fingerprint density at radius 1 is 1.32 bits per heavy atom. The summed E-state index contributed by atoms with van der Waals surface area (Å²) in [4.78, 5) is 13.1. The molecule has 1 aliphatic rings. The molecule has 2 bridgehead atoms. The number of fused-ring (bicyclic) bond motifs is 3. The zero-order chi connectivity index (χ0) is 22.5. The number of hydrazone groups is 1. The molecule has 9 heteroatoms. The Hall–Kier alpha value is -3.75. The molecule has 0 unspecified atom stereocenters. The second-order valence-corrected chi connectivity index (χ2v) is 7.02. The number of nitrogens with zero attached hydrogens (tertiary/aromatic N) is 4. The summed E-state index contributed by atoms with van der Waals surface area (Å²) in [5, 5.41) is 3.89. The Morgan fingerprint density at radius 3 is 2.77 bits per heavy atom. The molecule has 2 aromatic rings. The second-order valence-electron chi connectivity index (χ2n) is 7.02. The predicted molar refractivity (Wildman–Crippen MR) is 123 cm³/mol. The van der Waals surface area contributed by atoms with Gasteiger partial charge in [-0.15, -0.1) is 0 Å². The van der Waals surface area contributed by atoms with Crippen LogP contribution in [0.1, 0.15) is 43.1 Å². The van der Waals surface area contributed by atoms with Gasteiger partial charge in [0.25, 0.3) is 0 Å². The molecule has 3 rings (SSSR count). The van der Waals surface area contributed by atoms with E-state index in [1.165, 1.54) is 12.1 Å². The monoisotopic (exact) mass is 423 g/mol. The average molecular weight is 423 g/mol. The molecule has 2 heterocycles. The van der Waals surface area contributed by atoms with Gasteiger partial charge in [0.2, 0.25) is 0 Å². The molecule has 8 nitrogen and oxygen atoms in total. The van der Waals surface area contributed by atoms with Crippen molar-refractivity contribution in [1.82, 2.24) is 4.98 Å². The Kier molecular flexibility index (Phi) is 6.64. The number of benzene rings is 1. The molecular formula is C22H26FN7O. The molecule has 0 saturated heterocycles. The van der Waals surface area contributed by atoms with Crippen LogP contribution in [0.3, 0.4) is 0 Å². The number of rotatable bonds is 3. The molecule has 0 aliphatic carbocycles. The topological polar surface area (TPSA) is 137 Å². The highest BCUT2D eigenvalue weighted by atomic mass is 19.1. The van der Waals surface area contributed by atoms with Gasteiger partial charge in [0.15, 0.2) is 11.6 Å². The number of aliphatic imine (C=N–C) groups is 2. The third-order valence-corrected chi connectivity index (χ3v) is 5.00. The molecule has 1 aromatic heterocycles. The fraction of sp³-hybridized carbons (Fsp3) is 0.273. The van der Waals surface area contributed by atoms with E-state index in [2.05, 4.69) is 15.1 Å². The molecule has 6 N–H and O–H groups in total. The van der Waals surface area contributed by atoms with Gasteiger partial charge in [-0.25, -0.2) is 9.37 Å². The van der Waals surface area contributed by atoms with Crippen molar-refractivity contribution in [2.24, 2.45) is 26.7 Å². The largest absolute Gasteiger partial charge is 0.482 e. The summed E-state index contributed by atoms with van der Waals surface area (Å²) in [6.07, 6.45) is 3.23. The van der Waals surface area contributed by atoms with E-state index in [1.807, 2.05) is 6.92 Å². The third-order valence-electron chi connectivity index (χ3n) is 5.00.